The molecule has 0 aliphatic carbocycles. The number of carbonyl (C=O) groups is 2. The zero-order valence-electron chi connectivity index (χ0n) is 67.8. The van der Waals surface area contributed by atoms with Crippen molar-refractivity contribution in [1.82, 2.24) is 0 Å². The van der Waals surface area contributed by atoms with E-state index in [1.807, 2.05) is 0 Å². The summed E-state index contributed by atoms with van der Waals surface area (Å²) in [5.74, 6) is -0.809. The molecule has 0 aliphatic rings. The summed E-state index contributed by atoms with van der Waals surface area (Å²) in [7, 11) is -4.40. The van der Waals surface area contributed by atoms with Gasteiger partial charge in [-0.15, -0.1) is 0 Å². The molecule has 0 aliphatic heterocycles. The maximum Gasteiger partial charge on any atom is 0.472 e. The fraction of sp³-hybridized carbons (Fsp3) is 0.785. The van der Waals surface area contributed by atoms with E-state index in [1.165, 1.54) is 315 Å². The van der Waals surface area contributed by atoms with E-state index < -0.39 is 26.5 Å². The Morgan fingerprint density at radius 1 is 0.301 bits per heavy atom. The molecular weight excluding hydrogens is 1290 g/mol. The minimum absolute atomic E-state index is 0.0527. The summed E-state index contributed by atoms with van der Waals surface area (Å²) in [6, 6.07) is 0. The molecule has 0 rings (SSSR count). The van der Waals surface area contributed by atoms with E-state index in [4.69, 9.17) is 24.3 Å². The maximum atomic E-state index is 12.8. The first-order valence-corrected chi connectivity index (χ1v) is 45.9. The Labute approximate surface area is 639 Å². The lowest BCUT2D eigenvalue weighted by Gasteiger charge is -2.19. The van der Waals surface area contributed by atoms with Crippen LogP contribution in [0.2, 0.25) is 0 Å². The number of phosphoric ester groups is 1. The van der Waals surface area contributed by atoms with Crippen LogP contribution in [0.3, 0.4) is 0 Å². The second-order valence-corrected chi connectivity index (χ2v) is 31.2. The summed E-state index contributed by atoms with van der Waals surface area (Å²) in [6.45, 7) is 3.69. The topological polar surface area (TPSA) is 134 Å². The Kier molecular flexibility index (Phi) is 84.7. The number of unbranched alkanes of at least 4 members (excludes halogenated alkanes) is 53. The highest BCUT2D eigenvalue weighted by molar-refractivity contribution is 7.47. The maximum absolute atomic E-state index is 12.8. The van der Waals surface area contributed by atoms with Gasteiger partial charge in [0.25, 0.3) is 0 Å². The van der Waals surface area contributed by atoms with Crippen LogP contribution in [0, 0.1) is 0 Å². The molecule has 0 radical (unpaired) electrons. The molecule has 0 bridgehead atoms. The predicted octanol–water partition coefficient (Wildman–Crippen LogP) is 30.3. The fourth-order valence-electron chi connectivity index (χ4n) is 13.1. The van der Waals surface area contributed by atoms with Gasteiger partial charge >= 0.3 is 19.8 Å². The predicted molar refractivity (Wildman–Crippen MR) is 450 cm³/mol. The molecule has 10 heteroatoms. The van der Waals surface area contributed by atoms with E-state index in [-0.39, 0.29) is 38.6 Å². The van der Waals surface area contributed by atoms with Crippen molar-refractivity contribution < 1.29 is 37.6 Å². The van der Waals surface area contributed by atoms with Gasteiger partial charge in [0.1, 0.15) is 6.61 Å². The van der Waals surface area contributed by atoms with Gasteiger partial charge in [0, 0.05) is 19.4 Å². The number of rotatable bonds is 84. The van der Waals surface area contributed by atoms with Crippen molar-refractivity contribution in [1.29, 1.82) is 0 Å². The summed E-state index contributed by atoms with van der Waals surface area (Å²) in [5, 5.41) is 0. The van der Waals surface area contributed by atoms with Crippen LogP contribution in [-0.4, -0.2) is 49.3 Å². The largest absolute Gasteiger partial charge is 0.472 e. The molecular formula is C93H168NO8P. The molecule has 598 valence electrons. The molecule has 2 atom stereocenters. The molecule has 9 nitrogen and oxygen atoms in total. The number of ether oxygens (including phenoxy) is 2. The zero-order chi connectivity index (χ0) is 74.3. The molecule has 3 N–H and O–H groups in total. The van der Waals surface area contributed by atoms with E-state index in [1.54, 1.807) is 0 Å². The van der Waals surface area contributed by atoms with Gasteiger partial charge in [0.2, 0.25) is 0 Å². The number of allylic oxidation sites excluding steroid dienone is 18. The van der Waals surface area contributed by atoms with Gasteiger partial charge in [-0.2, -0.15) is 0 Å². The van der Waals surface area contributed by atoms with E-state index >= 15 is 0 Å². The van der Waals surface area contributed by atoms with Crippen LogP contribution in [0.5, 0.6) is 0 Å². The first-order chi connectivity index (χ1) is 50.8. The van der Waals surface area contributed by atoms with Crippen LogP contribution in [0.1, 0.15) is 438 Å². The van der Waals surface area contributed by atoms with Crippen LogP contribution in [0.25, 0.3) is 0 Å². The molecule has 0 amide bonds. The Bertz CT molecular complexity index is 2070. The van der Waals surface area contributed by atoms with Crippen molar-refractivity contribution in [2.45, 2.75) is 444 Å². The molecule has 0 spiro atoms. The van der Waals surface area contributed by atoms with Crippen molar-refractivity contribution in [3.63, 3.8) is 0 Å². The second-order valence-electron chi connectivity index (χ2n) is 29.7. The number of carbonyl (C=O) groups excluding carboxylic acids is 2. The third kappa shape index (κ3) is 87.5. The number of nitrogens with two attached hydrogens (primary N) is 1. The lowest BCUT2D eigenvalue weighted by molar-refractivity contribution is -0.161. The number of esters is 2. The lowest BCUT2D eigenvalue weighted by atomic mass is 10.0. The first-order valence-electron chi connectivity index (χ1n) is 44.4. The third-order valence-electron chi connectivity index (χ3n) is 19.6. The van der Waals surface area contributed by atoms with Gasteiger partial charge in [-0.05, 0) is 103 Å². The van der Waals surface area contributed by atoms with E-state index in [2.05, 4.69) is 123 Å². The first kappa shape index (κ1) is 99.7. The molecule has 0 heterocycles. The monoisotopic (exact) mass is 1460 g/mol. The Morgan fingerprint density at radius 2 is 0.534 bits per heavy atom. The Balaban J connectivity index is 3.75. The van der Waals surface area contributed by atoms with Gasteiger partial charge in [0.15, 0.2) is 6.10 Å². The van der Waals surface area contributed by atoms with Crippen LogP contribution < -0.4 is 5.73 Å². The van der Waals surface area contributed by atoms with Crippen LogP contribution in [-0.2, 0) is 32.7 Å². The number of hydrogen-bond donors (Lipinski definition) is 2. The van der Waals surface area contributed by atoms with Crippen molar-refractivity contribution in [2.75, 3.05) is 26.4 Å². The fourth-order valence-corrected chi connectivity index (χ4v) is 13.9. The summed E-state index contributed by atoms with van der Waals surface area (Å²) in [4.78, 5) is 35.5. The quantitative estimate of drug-likeness (QED) is 0.0264. The molecule has 0 saturated heterocycles. The third-order valence-corrected chi connectivity index (χ3v) is 20.6. The van der Waals surface area contributed by atoms with Gasteiger partial charge in [-0.3, -0.25) is 18.6 Å². The highest BCUT2D eigenvalue weighted by Gasteiger charge is 2.26. The summed E-state index contributed by atoms with van der Waals surface area (Å²) < 4.78 is 33.3. The highest BCUT2D eigenvalue weighted by Crippen LogP contribution is 2.43. The average molecular weight is 1460 g/mol. The molecule has 2 unspecified atom stereocenters. The summed E-state index contributed by atoms with van der Waals surface area (Å²) >= 11 is 0. The standard InChI is InChI=1S/C93H168NO8P/c1-3-5-7-9-11-13-15-17-19-21-23-25-27-29-31-33-35-37-39-41-43-45-47-49-51-53-55-57-59-61-63-65-67-69-71-73-75-77-79-81-83-85-92(95)99-89-91(90-101-103(97,98)100-88-87-94)102-93(96)86-84-82-80-78-76-74-72-70-68-66-64-62-60-58-56-54-52-50-48-46-44-42-40-38-36-34-32-30-28-26-24-22-20-18-16-14-12-10-8-6-4-2/h6,8,12,14,18,20-21,23-24,26,30,32,36,38,42,44,48,50,91H,3-5,7,9-11,13,15-17,19,22,25,27-29,31,33-35,37,39-41,43,45-47,49,51-90,94H2,1-2H3,(H,97,98)/b8-6-,14-12-,20-18-,23-21-,26-24-,32-30-,38-36-,44-42-,50-48-. The Morgan fingerprint density at radius 3 is 0.806 bits per heavy atom. The van der Waals surface area contributed by atoms with Crippen LogP contribution >= 0.6 is 7.82 Å². The summed E-state index contributed by atoms with van der Waals surface area (Å²) in [5.41, 5.74) is 5.42. The molecule has 0 fully saturated rings. The Hall–Kier alpha value is -3.33. The summed E-state index contributed by atoms with van der Waals surface area (Å²) in [6.07, 6.45) is 123. The van der Waals surface area contributed by atoms with Crippen molar-refractivity contribution >= 4 is 19.8 Å². The van der Waals surface area contributed by atoms with E-state index in [9.17, 15) is 19.0 Å². The number of phosphoric acid groups is 1. The van der Waals surface area contributed by atoms with Crippen LogP contribution in [0.4, 0.5) is 0 Å². The minimum atomic E-state index is -4.40. The van der Waals surface area contributed by atoms with Gasteiger partial charge in [0.05, 0.1) is 13.2 Å². The van der Waals surface area contributed by atoms with E-state index in [0.29, 0.717) is 6.42 Å². The lowest BCUT2D eigenvalue weighted by Crippen LogP contribution is -2.29. The number of hydrogen-bond acceptors (Lipinski definition) is 8. The molecule has 103 heavy (non-hydrogen) atoms. The van der Waals surface area contributed by atoms with Crippen LogP contribution in [0.15, 0.2) is 109 Å². The van der Waals surface area contributed by atoms with Crippen molar-refractivity contribution in [3.05, 3.63) is 109 Å². The van der Waals surface area contributed by atoms with Gasteiger partial charge in [-0.25, -0.2) is 4.57 Å². The van der Waals surface area contributed by atoms with E-state index in [0.717, 1.165) is 89.9 Å². The SMILES string of the molecule is CC/C=C\C/C=C\C/C=C\C/C=C\C/C=C\C/C=C\C/C=C\C/C=C\CCCCCCCCCCCCCCCCCCC(=O)OC(COC(=O)CCCCCCCCCCCCCCCCCCCCCCCCCCCCCCC/C=C\CCCCCCCCCC)COP(=O)(O)OCCN. The second kappa shape index (κ2) is 87.6. The molecule has 0 saturated carbocycles. The molecule has 0 aromatic rings. The molecule has 0 aromatic heterocycles. The highest BCUT2D eigenvalue weighted by atomic mass is 31.2. The van der Waals surface area contributed by atoms with Crippen molar-refractivity contribution in [2.24, 2.45) is 5.73 Å². The van der Waals surface area contributed by atoms with Crippen molar-refractivity contribution in [3.8, 4) is 0 Å². The normalized spacial score (nSPS) is 13.3. The zero-order valence-corrected chi connectivity index (χ0v) is 68.7. The smallest absolute Gasteiger partial charge is 0.462 e. The van der Waals surface area contributed by atoms with Gasteiger partial charge in [-0.1, -0.05) is 431 Å². The molecule has 0 aromatic carbocycles. The van der Waals surface area contributed by atoms with Gasteiger partial charge < -0.3 is 20.1 Å². The average Bonchev–Trinajstić information content (AvgIpc) is 0.970. The minimum Gasteiger partial charge on any atom is -0.462 e.